The van der Waals surface area contributed by atoms with E-state index in [-0.39, 0.29) is 5.82 Å². The lowest BCUT2D eigenvalue weighted by molar-refractivity contribution is 0.627. The summed E-state index contributed by atoms with van der Waals surface area (Å²) in [7, 11) is 1.90. The van der Waals surface area contributed by atoms with Crippen LogP contribution in [-0.4, -0.2) is 7.05 Å². The van der Waals surface area contributed by atoms with Crippen molar-refractivity contribution in [3.05, 3.63) is 58.9 Å². The summed E-state index contributed by atoms with van der Waals surface area (Å²) < 4.78 is 13.1. The molecule has 0 aliphatic carbocycles. The summed E-state index contributed by atoms with van der Waals surface area (Å²) in [6.45, 7) is 0.642. The average Bonchev–Trinajstić information content (AvgIpc) is 2.34. The van der Waals surface area contributed by atoms with Crippen molar-refractivity contribution in [1.82, 2.24) is 0 Å². The number of nitrogens with zero attached hydrogens (tertiary/aromatic N) is 1. The highest BCUT2D eigenvalue weighted by molar-refractivity contribution is 6.33. The number of anilines is 2. The summed E-state index contributed by atoms with van der Waals surface area (Å²) in [4.78, 5) is 1.95. The zero-order valence-electron chi connectivity index (χ0n) is 10.0. The minimum Gasteiger partial charge on any atom is -0.398 e. The topological polar surface area (TPSA) is 29.3 Å². The largest absolute Gasteiger partial charge is 0.398 e. The SMILES string of the molecule is CN(Cc1ccc(N)c(Cl)c1)c1cccc(F)c1. The molecule has 94 valence electrons. The zero-order chi connectivity index (χ0) is 13.1. The summed E-state index contributed by atoms with van der Waals surface area (Å²) in [5.41, 5.74) is 8.07. The molecule has 4 heteroatoms. The Morgan fingerprint density at radius 1 is 1.22 bits per heavy atom. The van der Waals surface area contributed by atoms with Gasteiger partial charge in [0.25, 0.3) is 0 Å². The highest BCUT2D eigenvalue weighted by Gasteiger charge is 2.05. The first kappa shape index (κ1) is 12.7. The van der Waals surface area contributed by atoms with Gasteiger partial charge in [-0.1, -0.05) is 23.7 Å². The lowest BCUT2D eigenvalue weighted by Gasteiger charge is -2.19. The second-order valence-corrected chi connectivity index (χ2v) is 4.60. The van der Waals surface area contributed by atoms with E-state index in [0.717, 1.165) is 11.3 Å². The molecule has 2 aromatic carbocycles. The lowest BCUT2D eigenvalue weighted by atomic mass is 10.2. The van der Waals surface area contributed by atoms with E-state index in [1.807, 2.05) is 30.1 Å². The van der Waals surface area contributed by atoms with Crippen molar-refractivity contribution in [3.63, 3.8) is 0 Å². The molecule has 0 aromatic heterocycles. The Balaban J connectivity index is 2.16. The molecule has 0 amide bonds. The Labute approximate surface area is 111 Å². The van der Waals surface area contributed by atoms with Gasteiger partial charge in [-0.3, -0.25) is 0 Å². The molecule has 0 atom stereocenters. The number of rotatable bonds is 3. The average molecular weight is 265 g/mol. The number of nitrogen functional groups attached to an aromatic ring is 1. The summed E-state index contributed by atoms with van der Waals surface area (Å²) in [5.74, 6) is -0.241. The molecule has 2 aromatic rings. The minimum atomic E-state index is -0.241. The molecule has 0 fully saturated rings. The maximum Gasteiger partial charge on any atom is 0.125 e. The van der Waals surface area contributed by atoms with Gasteiger partial charge in [0.2, 0.25) is 0 Å². The summed E-state index contributed by atoms with van der Waals surface area (Å²) in [6.07, 6.45) is 0. The molecule has 2 rings (SSSR count). The third-order valence-corrected chi connectivity index (χ3v) is 3.06. The molecular weight excluding hydrogens is 251 g/mol. The Morgan fingerprint density at radius 2 is 2.00 bits per heavy atom. The predicted octanol–water partition coefficient (Wildman–Crippen LogP) is 3.70. The van der Waals surface area contributed by atoms with E-state index in [1.165, 1.54) is 12.1 Å². The zero-order valence-corrected chi connectivity index (χ0v) is 10.8. The second kappa shape index (κ2) is 5.27. The first-order valence-corrected chi connectivity index (χ1v) is 5.94. The maximum absolute atomic E-state index is 13.1. The van der Waals surface area contributed by atoms with Gasteiger partial charge in [0, 0.05) is 19.3 Å². The van der Waals surface area contributed by atoms with Crippen LogP contribution in [0.25, 0.3) is 0 Å². The van der Waals surface area contributed by atoms with Gasteiger partial charge in [-0.25, -0.2) is 4.39 Å². The van der Waals surface area contributed by atoms with E-state index in [1.54, 1.807) is 12.1 Å². The van der Waals surface area contributed by atoms with Gasteiger partial charge in [-0.05, 0) is 35.9 Å². The molecule has 0 saturated carbocycles. The monoisotopic (exact) mass is 264 g/mol. The Kier molecular flexibility index (Phi) is 3.72. The van der Waals surface area contributed by atoms with Crippen molar-refractivity contribution >= 4 is 23.0 Å². The van der Waals surface area contributed by atoms with Crippen LogP contribution in [0.5, 0.6) is 0 Å². The summed E-state index contributed by atoms with van der Waals surface area (Å²) >= 11 is 5.96. The normalized spacial score (nSPS) is 10.4. The molecule has 0 radical (unpaired) electrons. The van der Waals surface area contributed by atoms with Crippen LogP contribution in [0.4, 0.5) is 15.8 Å². The van der Waals surface area contributed by atoms with Crippen molar-refractivity contribution in [1.29, 1.82) is 0 Å². The summed E-state index contributed by atoms with van der Waals surface area (Å²) in [5, 5.41) is 0.542. The molecule has 2 N–H and O–H groups in total. The van der Waals surface area contributed by atoms with Gasteiger partial charge in [0.05, 0.1) is 10.7 Å². The minimum absolute atomic E-state index is 0.241. The van der Waals surface area contributed by atoms with Crippen molar-refractivity contribution < 1.29 is 4.39 Å². The summed E-state index contributed by atoms with van der Waals surface area (Å²) in [6, 6.07) is 12.0. The highest BCUT2D eigenvalue weighted by Crippen LogP contribution is 2.22. The van der Waals surface area contributed by atoms with Crippen molar-refractivity contribution in [2.45, 2.75) is 6.54 Å². The molecule has 0 saturated heterocycles. The van der Waals surface area contributed by atoms with Crippen LogP contribution in [0.15, 0.2) is 42.5 Å². The van der Waals surface area contributed by atoms with Crippen LogP contribution in [0.1, 0.15) is 5.56 Å². The molecule has 0 heterocycles. The van der Waals surface area contributed by atoms with Crippen LogP contribution >= 0.6 is 11.6 Å². The van der Waals surface area contributed by atoms with Gasteiger partial charge in [-0.2, -0.15) is 0 Å². The number of benzene rings is 2. The molecule has 18 heavy (non-hydrogen) atoms. The fraction of sp³-hybridized carbons (Fsp3) is 0.143. The van der Waals surface area contributed by atoms with Gasteiger partial charge < -0.3 is 10.6 Å². The Bertz CT molecular complexity index is 557. The van der Waals surface area contributed by atoms with E-state index in [0.29, 0.717) is 17.3 Å². The Hall–Kier alpha value is -1.74. The van der Waals surface area contributed by atoms with Crippen LogP contribution in [-0.2, 0) is 6.54 Å². The highest BCUT2D eigenvalue weighted by atomic mass is 35.5. The molecule has 0 spiro atoms. The Morgan fingerprint density at radius 3 is 2.67 bits per heavy atom. The predicted molar refractivity (Wildman–Crippen MR) is 74.4 cm³/mol. The van der Waals surface area contributed by atoms with Gasteiger partial charge in [0.1, 0.15) is 5.82 Å². The third kappa shape index (κ3) is 2.93. The first-order chi connectivity index (χ1) is 8.56. The maximum atomic E-state index is 13.1. The van der Waals surface area contributed by atoms with Gasteiger partial charge in [-0.15, -0.1) is 0 Å². The standard InChI is InChI=1S/C14H14ClFN2/c1-18(12-4-2-3-11(16)8-12)9-10-5-6-14(17)13(15)7-10/h2-8H,9,17H2,1H3. The molecule has 2 nitrogen and oxygen atoms in total. The molecule has 0 bridgehead atoms. The van der Waals surface area contributed by atoms with Crippen LogP contribution < -0.4 is 10.6 Å². The van der Waals surface area contributed by atoms with E-state index in [9.17, 15) is 4.39 Å². The van der Waals surface area contributed by atoms with E-state index >= 15 is 0 Å². The van der Waals surface area contributed by atoms with E-state index < -0.39 is 0 Å². The van der Waals surface area contributed by atoms with E-state index in [4.69, 9.17) is 17.3 Å². The van der Waals surface area contributed by atoms with Gasteiger partial charge >= 0.3 is 0 Å². The van der Waals surface area contributed by atoms with Gasteiger partial charge in [0.15, 0.2) is 0 Å². The lowest BCUT2D eigenvalue weighted by Crippen LogP contribution is -2.16. The third-order valence-electron chi connectivity index (χ3n) is 2.73. The molecule has 0 unspecified atom stereocenters. The van der Waals surface area contributed by atoms with Crippen LogP contribution in [0, 0.1) is 5.82 Å². The fourth-order valence-corrected chi connectivity index (χ4v) is 1.95. The van der Waals surface area contributed by atoms with Crippen molar-refractivity contribution in [3.8, 4) is 0 Å². The van der Waals surface area contributed by atoms with E-state index in [2.05, 4.69) is 0 Å². The molecule has 0 aliphatic heterocycles. The number of hydrogen-bond donors (Lipinski definition) is 1. The second-order valence-electron chi connectivity index (χ2n) is 4.19. The molecule has 0 aliphatic rings. The van der Waals surface area contributed by atoms with Crippen molar-refractivity contribution in [2.75, 3.05) is 17.7 Å². The van der Waals surface area contributed by atoms with Crippen molar-refractivity contribution in [2.24, 2.45) is 0 Å². The number of nitrogens with two attached hydrogens (primary N) is 1. The quantitative estimate of drug-likeness (QED) is 0.857. The fourth-order valence-electron chi connectivity index (χ4n) is 1.75. The smallest absolute Gasteiger partial charge is 0.125 e. The van der Waals surface area contributed by atoms with Crippen LogP contribution in [0.2, 0.25) is 5.02 Å². The first-order valence-electron chi connectivity index (χ1n) is 5.57. The number of hydrogen-bond acceptors (Lipinski definition) is 2. The van der Waals surface area contributed by atoms with Crippen LogP contribution in [0.3, 0.4) is 0 Å². The number of halogens is 2. The molecular formula is C14H14ClFN2.